The lowest BCUT2D eigenvalue weighted by molar-refractivity contribution is -0.119. The maximum Gasteiger partial charge on any atom is 0.408 e. The van der Waals surface area contributed by atoms with Crippen molar-refractivity contribution in [2.24, 2.45) is 17.8 Å². The zero-order valence-corrected chi connectivity index (χ0v) is 18.2. The number of aromatic nitrogens is 4. The molecule has 2 amide bonds. The molecule has 3 aliphatic carbocycles. The van der Waals surface area contributed by atoms with Crippen LogP contribution in [0.1, 0.15) is 44.2 Å². The summed E-state index contributed by atoms with van der Waals surface area (Å²) in [5.74, 6) is 0.726. The van der Waals surface area contributed by atoms with Gasteiger partial charge in [0.05, 0.1) is 24.1 Å². The molecule has 0 aromatic carbocycles. The summed E-state index contributed by atoms with van der Waals surface area (Å²) in [7, 11) is 0. The van der Waals surface area contributed by atoms with Crippen molar-refractivity contribution in [2.45, 2.75) is 70.2 Å². The first-order valence-electron chi connectivity index (χ1n) is 11.6. The van der Waals surface area contributed by atoms with Gasteiger partial charge in [0.1, 0.15) is 18.7 Å². The second kappa shape index (κ2) is 9.11. The fourth-order valence-electron chi connectivity index (χ4n) is 4.42. The van der Waals surface area contributed by atoms with E-state index in [1.807, 2.05) is 0 Å². The molecule has 5 rings (SSSR count). The highest BCUT2D eigenvalue weighted by Gasteiger charge is 2.48. The molecule has 2 aromatic rings. The third-order valence-electron chi connectivity index (χ3n) is 6.41. The SMILES string of the molecule is O=C(N[C@H](C(=O)Nc1cnn(Cc2ccnn2CC(F)F)c1)C(C1CC1)C1CC1)OC1CC1. The van der Waals surface area contributed by atoms with Crippen LogP contribution in [0.2, 0.25) is 0 Å². The molecule has 178 valence electrons. The minimum atomic E-state index is -2.50. The van der Waals surface area contributed by atoms with Crippen LogP contribution in [0.15, 0.2) is 24.7 Å². The highest BCUT2D eigenvalue weighted by atomic mass is 19.3. The molecule has 1 atom stereocenters. The Bertz CT molecular complexity index is 984. The Labute approximate surface area is 189 Å². The van der Waals surface area contributed by atoms with E-state index < -0.39 is 25.1 Å². The number of nitrogens with one attached hydrogen (secondary N) is 2. The van der Waals surface area contributed by atoms with Crippen LogP contribution in [0.3, 0.4) is 0 Å². The lowest BCUT2D eigenvalue weighted by atomic mass is 9.89. The number of halogens is 2. The van der Waals surface area contributed by atoms with Gasteiger partial charge in [0.15, 0.2) is 0 Å². The standard InChI is InChI=1S/C22H28F2N6O3/c23-18(24)12-30-16(7-8-25-30)11-29-10-15(9-26-29)27-21(31)20(28-22(32)33-17-5-6-17)19(13-1-2-13)14-3-4-14/h7-10,13-14,17-20H,1-6,11-12H2,(H,27,31)(H,28,32)/t20-/m0/s1. The Morgan fingerprint density at radius 1 is 1.12 bits per heavy atom. The van der Waals surface area contributed by atoms with Crippen LogP contribution >= 0.6 is 0 Å². The number of ether oxygens (including phenoxy) is 1. The summed E-state index contributed by atoms with van der Waals surface area (Å²) >= 11 is 0. The number of carbonyl (C=O) groups excluding carboxylic acids is 2. The third kappa shape index (κ3) is 5.69. The Morgan fingerprint density at radius 3 is 2.48 bits per heavy atom. The van der Waals surface area contributed by atoms with Gasteiger partial charge in [-0.2, -0.15) is 10.2 Å². The number of anilines is 1. The number of hydrogen-bond acceptors (Lipinski definition) is 5. The highest BCUT2D eigenvalue weighted by Crippen LogP contribution is 2.50. The van der Waals surface area contributed by atoms with E-state index in [4.69, 9.17) is 4.74 Å². The smallest absolute Gasteiger partial charge is 0.408 e. The fraction of sp³-hybridized carbons (Fsp3) is 0.636. The normalized spacial score (nSPS) is 19.0. The number of carbonyl (C=O) groups is 2. The fourth-order valence-corrected chi connectivity index (χ4v) is 4.42. The molecule has 0 aliphatic heterocycles. The zero-order valence-electron chi connectivity index (χ0n) is 18.2. The molecule has 2 heterocycles. The Morgan fingerprint density at radius 2 is 1.85 bits per heavy atom. The van der Waals surface area contributed by atoms with Gasteiger partial charge in [0, 0.05) is 12.4 Å². The molecule has 2 aromatic heterocycles. The van der Waals surface area contributed by atoms with Crippen LogP contribution in [0.25, 0.3) is 0 Å². The first kappa shape index (κ1) is 21.8. The van der Waals surface area contributed by atoms with E-state index in [1.54, 1.807) is 16.9 Å². The maximum atomic E-state index is 13.2. The molecular weight excluding hydrogens is 434 g/mol. The van der Waals surface area contributed by atoms with Crippen molar-refractivity contribution >= 4 is 17.7 Å². The average molecular weight is 463 g/mol. The summed E-state index contributed by atoms with van der Waals surface area (Å²) < 4.78 is 33.6. The summed E-state index contributed by atoms with van der Waals surface area (Å²) in [4.78, 5) is 25.6. The predicted octanol–water partition coefficient (Wildman–Crippen LogP) is 3.02. The van der Waals surface area contributed by atoms with Crippen LogP contribution in [-0.4, -0.2) is 50.1 Å². The number of alkyl carbamates (subject to hydrolysis) is 1. The van der Waals surface area contributed by atoms with E-state index in [1.165, 1.54) is 17.1 Å². The van der Waals surface area contributed by atoms with Crippen LogP contribution < -0.4 is 10.6 Å². The number of rotatable bonds is 11. The van der Waals surface area contributed by atoms with Crippen molar-refractivity contribution in [1.82, 2.24) is 24.9 Å². The molecule has 0 unspecified atom stereocenters. The molecule has 11 heteroatoms. The number of hydrogen-bond donors (Lipinski definition) is 2. The number of nitrogens with zero attached hydrogens (tertiary/aromatic N) is 4. The second-order valence-corrected chi connectivity index (χ2v) is 9.29. The first-order valence-corrected chi connectivity index (χ1v) is 11.6. The molecular formula is C22H28F2N6O3. The van der Waals surface area contributed by atoms with Gasteiger partial charge in [-0.05, 0) is 62.3 Å². The van der Waals surface area contributed by atoms with E-state index in [0.717, 1.165) is 38.5 Å². The van der Waals surface area contributed by atoms with Crippen molar-refractivity contribution in [1.29, 1.82) is 0 Å². The van der Waals surface area contributed by atoms with Crippen LogP contribution in [-0.2, 0) is 22.6 Å². The average Bonchev–Trinajstić information content (AvgIpc) is 3.66. The summed E-state index contributed by atoms with van der Waals surface area (Å²) in [6.07, 6.45) is 7.59. The van der Waals surface area contributed by atoms with Crippen LogP contribution in [0, 0.1) is 17.8 Å². The van der Waals surface area contributed by atoms with Crippen LogP contribution in [0.5, 0.6) is 0 Å². The van der Waals surface area contributed by atoms with Gasteiger partial charge in [0.25, 0.3) is 6.43 Å². The molecule has 2 N–H and O–H groups in total. The van der Waals surface area contributed by atoms with Gasteiger partial charge in [-0.25, -0.2) is 13.6 Å². The second-order valence-electron chi connectivity index (χ2n) is 9.29. The van der Waals surface area contributed by atoms with Gasteiger partial charge in [-0.1, -0.05) is 0 Å². The quantitative estimate of drug-likeness (QED) is 0.534. The molecule has 0 saturated heterocycles. The molecule has 3 saturated carbocycles. The molecule has 0 spiro atoms. The van der Waals surface area contributed by atoms with E-state index in [-0.39, 0.29) is 24.5 Å². The maximum absolute atomic E-state index is 13.2. The molecule has 3 aliphatic rings. The zero-order chi connectivity index (χ0) is 22.9. The topological polar surface area (TPSA) is 103 Å². The lowest BCUT2D eigenvalue weighted by Gasteiger charge is -2.27. The molecule has 9 nitrogen and oxygen atoms in total. The first-order chi connectivity index (χ1) is 16.0. The highest BCUT2D eigenvalue weighted by molar-refractivity contribution is 5.96. The van der Waals surface area contributed by atoms with Gasteiger partial charge in [-0.3, -0.25) is 14.2 Å². The van der Waals surface area contributed by atoms with Gasteiger partial charge >= 0.3 is 6.09 Å². The summed E-state index contributed by atoms with van der Waals surface area (Å²) in [6.45, 7) is -0.244. The van der Waals surface area contributed by atoms with Gasteiger partial charge in [-0.15, -0.1) is 0 Å². The van der Waals surface area contributed by atoms with Crippen molar-refractivity contribution in [2.75, 3.05) is 5.32 Å². The largest absolute Gasteiger partial charge is 0.446 e. The monoisotopic (exact) mass is 462 g/mol. The summed E-state index contributed by atoms with van der Waals surface area (Å²) in [6, 6.07) is 0.996. The summed E-state index contributed by atoms with van der Waals surface area (Å²) in [5.41, 5.74) is 1.06. The van der Waals surface area contributed by atoms with Gasteiger partial charge in [0.2, 0.25) is 5.91 Å². The van der Waals surface area contributed by atoms with Crippen molar-refractivity contribution in [3.05, 3.63) is 30.4 Å². The van der Waals surface area contributed by atoms with Crippen LogP contribution in [0.4, 0.5) is 19.3 Å². The number of alkyl halides is 2. The van der Waals surface area contributed by atoms with Crippen molar-refractivity contribution < 1.29 is 23.1 Å². The van der Waals surface area contributed by atoms with E-state index in [0.29, 0.717) is 23.2 Å². The summed E-state index contributed by atoms with van der Waals surface area (Å²) in [5, 5.41) is 13.9. The molecule has 33 heavy (non-hydrogen) atoms. The lowest BCUT2D eigenvalue weighted by Crippen LogP contribution is -2.50. The number of amides is 2. The minimum absolute atomic E-state index is 0.0363. The van der Waals surface area contributed by atoms with E-state index in [9.17, 15) is 18.4 Å². The van der Waals surface area contributed by atoms with Gasteiger partial charge < -0.3 is 15.4 Å². The Kier molecular flexibility index (Phi) is 6.03. The van der Waals surface area contributed by atoms with Crippen molar-refractivity contribution in [3.8, 4) is 0 Å². The predicted molar refractivity (Wildman–Crippen MR) is 114 cm³/mol. The third-order valence-corrected chi connectivity index (χ3v) is 6.41. The Hall–Kier alpha value is -2.98. The Balaban J connectivity index is 1.25. The van der Waals surface area contributed by atoms with Crippen molar-refractivity contribution in [3.63, 3.8) is 0 Å². The van der Waals surface area contributed by atoms with E-state index >= 15 is 0 Å². The molecule has 3 fully saturated rings. The molecule has 0 radical (unpaired) electrons. The van der Waals surface area contributed by atoms with E-state index in [2.05, 4.69) is 20.8 Å². The minimum Gasteiger partial charge on any atom is -0.446 e. The molecule has 0 bridgehead atoms.